The normalized spacial score (nSPS) is 20.1. The Balaban J connectivity index is 1.46. The molecule has 1 aliphatic heterocycles. The number of hydrogen-bond donors (Lipinski definition) is 1. The van der Waals surface area contributed by atoms with Gasteiger partial charge in [-0.15, -0.1) is 0 Å². The summed E-state index contributed by atoms with van der Waals surface area (Å²) in [4.78, 5) is 14.0. The third-order valence-electron chi connectivity index (χ3n) is 4.68. The zero-order valence-electron chi connectivity index (χ0n) is 13.1. The highest BCUT2D eigenvalue weighted by atomic mass is 16.5. The first-order chi connectivity index (χ1) is 9.98. The molecule has 1 heterocycles. The maximum absolute atomic E-state index is 12.2. The van der Waals surface area contributed by atoms with Crippen molar-refractivity contribution in [3.8, 4) is 5.75 Å². The van der Waals surface area contributed by atoms with E-state index in [4.69, 9.17) is 4.74 Å². The molecule has 2 amide bonds. The molecular formula is C17H24N2O2. The van der Waals surface area contributed by atoms with Gasteiger partial charge in [-0.1, -0.05) is 26.0 Å². The molecule has 3 rings (SSSR count). The van der Waals surface area contributed by atoms with Crippen molar-refractivity contribution in [3.05, 3.63) is 29.8 Å². The van der Waals surface area contributed by atoms with E-state index < -0.39 is 0 Å². The van der Waals surface area contributed by atoms with Crippen LogP contribution in [-0.4, -0.2) is 35.7 Å². The van der Waals surface area contributed by atoms with Crippen molar-refractivity contribution in [1.29, 1.82) is 0 Å². The molecule has 4 nitrogen and oxygen atoms in total. The second-order valence-electron chi connectivity index (χ2n) is 6.70. The van der Waals surface area contributed by atoms with Crippen LogP contribution in [0, 0.1) is 12.8 Å². The molecule has 1 N–H and O–H groups in total. The van der Waals surface area contributed by atoms with E-state index >= 15 is 0 Å². The fraction of sp³-hybridized carbons (Fsp3) is 0.588. The van der Waals surface area contributed by atoms with E-state index in [-0.39, 0.29) is 17.7 Å². The van der Waals surface area contributed by atoms with Crippen LogP contribution in [0.15, 0.2) is 24.3 Å². The van der Waals surface area contributed by atoms with E-state index in [9.17, 15) is 4.79 Å². The van der Waals surface area contributed by atoms with Crippen LogP contribution in [0.2, 0.25) is 0 Å². The summed E-state index contributed by atoms with van der Waals surface area (Å²) in [7, 11) is 0. The van der Waals surface area contributed by atoms with Gasteiger partial charge in [0.2, 0.25) is 0 Å². The Labute approximate surface area is 126 Å². The molecule has 21 heavy (non-hydrogen) atoms. The summed E-state index contributed by atoms with van der Waals surface area (Å²) in [6, 6.07) is 8.10. The summed E-state index contributed by atoms with van der Waals surface area (Å²) in [5.41, 5.74) is 1.24. The van der Waals surface area contributed by atoms with Crippen molar-refractivity contribution in [2.45, 2.75) is 45.3 Å². The van der Waals surface area contributed by atoms with E-state index in [2.05, 4.69) is 19.2 Å². The first-order valence-corrected chi connectivity index (χ1v) is 7.79. The minimum atomic E-state index is 0.0551. The lowest BCUT2D eigenvalue weighted by Gasteiger charge is -2.40. The van der Waals surface area contributed by atoms with Gasteiger partial charge in [0.15, 0.2) is 0 Å². The third kappa shape index (κ3) is 2.99. The van der Waals surface area contributed by atoms with Crippen LogP contribution in [0.4, 0.5) is 4.79 Å². The standard InChI is InChI=1S/C17H24N2O2/c1-12(2)17(7-8-17)18-16(20)19-10-15(11-19)21-14-6-4-5-13(3)9-14/h4-6,9,12,15H,7-8,10-11H2,1-3H3,(H,18,20). The van der Waals surface area contributed by atoms with E-state index in [0.29, 0.717) is 19.0 Å². The molecule has 1 aromatic carbocycles. The number of nitrogens with one attached hydrogen (secondary N) is 1. The van der Waals surface area contributed by atoms with Gasteiger partial charge in [-0.3, -0.25) is 0 Å². The Kier molecular flexibility index (Phi) is 3.56. The molecule has 0 atom stereocenters. The Morgan fingerprint density at radius 2 is 2.10 bits per heavy atom. The average Bonchev–Trinajstić information content (AvgIpc) is 3.14. The fourth-order valence-electron chi connectivity index (χ4n) is 2.83. The van der Waals surface area contributed by atoms with Gasteiger partial charge in [0.25, 0.3) is 0 Å². The summed E-state index contributed by atoms with van der Waals surface area (Å²) in [5.74, 6) is 1.39. The van der Waals surface area contributed by atoms with Crippen LogP contribution in [0.3, 0.4) is 0 Å². The number of ether oxygens (including phenoxy) is 1. The minimum Gasteiger partial charge on any atom is -0.487 e. The number of likely N-dealkylation sites (tertiary alicyclic amines) is 1. The topological polar surface area (TPSA) is 41.6 Å². The number of rotatable bonds is 4. The molecular weight excluding hydrogens is 264 g/mol. The molecule has 1 aromatic rings. The van der Waals surface area contributed by atoms with Gasteiger partial charge >= 0.3 is 6.03 Å². The van der Waals surface area contributed by atoms with Gasteiger partial charge in [-0.05, 0) is 43.4 Å². The highest BCUT2D eigenvalue weighted by Crippen LogP contribution is 2.42. The second-order valence-corrected chi connectivity index (χ2v) is 6.70. The molecule has 1 aliphatic carbocycles. The van der Waals surface area contributed by atoms with Gasteiger partial charge < -0.3 is 15.0 Å². The molecule has 0 aromatic heterocycles. The fourth-order valence-corrected chi connectivity index (χ4v) is 2.83. The van der Waals surface area contributed by atoms with Gasteiger partial charge in [0.1, 0.15) is 11.9 Å². The number of carbonyl (C=O) groups is 1. The summed E-state index contributed by atoms with van der Waals surface area (Å²) in [6.45, 7) is 7.75. The molecule has 2 fully saturated rings. The number of benzene rings is 1. The van der Waals surface area contributed by atoms with E-state index in [1.165, 1.54) is 5.56 Å². The van der Waals surface area contributed by atoms with Crippen molar-refractivity contribution < 1.29 is 9.53 Å². The lowest BCUT2D eigenvalue weighted by Crippen LogP contribution is -2.60. The maximum Gasteiger partial charge on any atom is 0.318 e. The molecule has 0 bridgehead atoms. The Morgan fingerprint density at radius 1 is 1.38 bits per heavy atom. The number of hydrogen-bond acceptors (Lipinski definition) is 2. The van der Waals surface area contributed by atoms with Crippen molar-refractivity contribution in [2.75, 3.05) is 13.1 Å². The van der Waals surface area contributed by atoms with E-state index in [0.717, 1.165) is 18.6 Å². The molecule has 114 valence electrons. The first-order valence-electron chi connectivity index (χ1n) is 7.79. The lowest BCUT2D eigenvalue weighted by atomic mass is 10.0. The highest BCUT2D eigenvalue weighted by molar-refractivity contribution is 5.76. The summed E-state index contributed by atoms with van der Waals surface area (Å²) in [6.07, 6.45) is 2.33. The van der Waals surface area contributed by atoms with Crippen molar-refractivity contribution in [1.82, 2.24) is 10.2 Å². The van der Waals surface area contributed by atoms with Crippen LogP contribution in [0.5, 0.6) is 5.75 Å². The number of amides is 2. The van der Waals surface area contributed by atoms with Crippen LogP contribution in [0.25, 0.3) is 0 Å². The maximum atomic E-state index is 12.2. The van der Waals surface area contributed by atoms with Gasteiger partial charge in [-0.2, -0.15) is 0 Å². The second kappa shape index (κ2) is 5.24. The molecule has 0 radical (unpaired) electrons. The zero-order chi connectivity index (χ0) is 15.0. The van der Waals surface area contributed by atoms with Crippen LogP contribution < -0.4 is 10.1 Å². The lowest BCUT2D eigenvalue weighted by molar-refractivity contribution is 0.0423. The SMILES string of the molecule is Cc1cccc(OC2CN(C(=O)NC3(C(C)C)CC3)C2)c1. The highest BCUT2D eigenvalue weighted by Gasteiger charge is 2.48. The molecule has 0 unspecified atom stereocenters. The quantitative estimate of drug-likeness (QED) is 0.925. The molecule has 4 heteroatoms. The first kappa shape index (κ1) is 14.2. The summed E-state index contributed by atoms with van der Waals surface area (Å²) in [5, 5.41) is 3.19. The number of aryl methyl sites for hydroxylation is 1. The van der Waals surface area contributed by atoms with Gasteiger partial charge in [0.05, 0.1) is 13.1 Å². The Morgan fingerprint density at radius 3 is 2.67 bits per heavy atom. The van der Waals surface area contributed by atoms with Gasteiger partial charge in [-0.25, -0.2) is 4.79 Å². The summed E-state index contributed by atoms with van der Waals surface area (Å²) >= 11 is 0. The zero-order valence-corrected chi connectivity index (χ0v) is 13.1. The van der Waals surface area contributed by atoms with E-state index in [1.807, 2.05) is 36.1 Å². The smallest absolute Gasteiger partial charge is 0.318 e. The van der Waals surface area contributed by atoms with Crippen LogP contribution >= 0.6 is 0 Å². The van der Waals surface area contributed by atoms with Crippen molar-refractivity contribution >= 4 is 6.03 Å². The Bertz CT molecular complexity index is 531. The predicted molar refractivity (Wildman–Crippen MR) is 82.5 cm³/mol. The van der Waals surface area contributed by atoms with Crippen LogP contribution in [-0.2, 0) is 0 Å². The largest absolute Gasteiger partial charge is 0.487 e. The summed E-state index contributed by atoms with van der Waals surface area (Å²) < 4.78 is 5.88. The Hall–Kier alpha value is -1.71. The number of carbonyl (C=O) groups excluding carboxylic acids is 1. The van der Waals surface area contributed by atoms with E-state index in [1.54, 1.807) is 0 Å². The van der Waals surface area contributed by atoms with Crippen molar-refractivity contribution in [3.63, 3.8) is 0 Å². The monoisotopic (exact) mass is 288 g/mol. The van der Waals surface area contributed by atoms with Crippen molar-refractivity contribution in [2.24, 2.45) is 5.92 Å². The van der Waals surface area contributed by atoms with Gasteiger partial charge in [0, 0.05) is 5.54 Å². The molecule has 1 saturated heterocycles. The predicted octanol–water partition coefficient (Wildman–Crippen LogP) is 2.96. The number of urea groups is 1. The molecule has 2 aliphatic rings. The van der Waals surface area contributed by atoms with Crippen LogP contribution in [0.1, 0.15) is 32.3 Å². The average molecular weight is 288 g/mol. The molecule has 1 saturated carbocycles. The molecule has 0 spiro atoms. The third-order valence-corrected chi connectivity index (χ3v) is 4.68. The minimum absolute atomic E-state index is 0.0551. The number of nitrogens with zero attached hydrogens (tertiary/aromatic N) is 1.